The van der Waals surface area contributed by atoms with Crippen LogP contribution < -0.4 is 0 Å². The molecule has 3 aliphatic carbocycles. The van der Waals surface area contributed by atoms with E-state index in [-0.39, 0.29) is 25.5 Å². The first-order valence-electron chi connectivity index (χ1n) is 19.4. The topological polar surface area (TPSA) is 52.5 Å². The molecule has 0 amide bonds. The van der Waals surface area contributed by atoms with E-state index in [9.17, 15) is 0 Å². The van der Waals surface area contributed by atoms with Crippen LogP contribution in [0.4, 0.5) is 0 Å². The first-order valence-corrected chi connectivity index (χ1v) is 19.4. The van der Waals surface area contributed by atoms with Crippen LogP contribution in [0.2, 0.25) is 0 Å². The van der Waals surface area contributed by atoms with Gasteiger partial charge in [-0.3, -0.25) is 4.98 Å². The molecular weight excluding hydrogens is 803 g/mol. The molecule has 0 saturated heterocycles. The maximum absolute atomic E-state index is 6.34. The summed E-state index contributed by atoms with van der Waals surface area (Å²) in [7, 11) is 0. The van der Waals surface area contributed by atoms with Crippen LogP contribution in [0.5, 0.6) is 0 Å². The molecule has 5 aromatic rings. The number of hydrogen-bond donors (Lipinski definition) is 0. The number of benzene rings is 3. The second-order valence-corrected chi connectivity index (χ2v) is 16.2. The normalized spacial score (nSPS) is 17.6. The summed E-state index contributed by atoms with van der Waals surface area (Å²) in [5.41, 5.74) is 8.86. The molecule has 1 radical (unpaired) electrons. The van der Waals surface area contributed by atoms with Crippen LogP contribution in [-0.2, 0) is 31.9 Å². The zero-order chi connectivity index (χ0) is 34.8. The summed E-state index contributed by atoms with van der Waals surface area (Å²) < 4.78 is 6.34. The first kappa shape index (κ1) is 37.5. The predicted octanol–water partition coefficient (Wildman–Crippen LogP) is 13.0. The standard InChI is InChI=1S/C30H26NO.C16H29N2.Ir/c1-18(2)16-19-12-14-24-20(17-19)13-15-25(31-24)21-9-7-10-23-27(21)30(3,4)28-22-8-5-6-11-26(22)32-29(23)28;1-13(2)16(17-14-9-5-3-6-10-14)18-15-11-7-4-8-12-15;/h5-8,10-15,17-18H,16H2,1-4H3;13-15H,3-12H2,1-2H3;/q2*-1;. The molecular formula is C46H55IrN3O-2. The Morgan fingerprint density at radius 1 is 0.882 bits per heavy atom. The number of fused-ring (bicyclic) bond motifs is 6. The quantitative estimate of drug-likeness (QED) is 0.0970. The largest absolute Gasteiger partial charge is 0.466 e. The summed E-state index contributed by atoms with van der Waals surface area (Å²) in [6.07, 6.45) is 14.5. The van der Waals surface area contributed by atoms with Gasteiger partial charge in [-0.25, -0.2) is 0 Å². The summed E-state index contributed by atoms with van der Waals surface area (Å²) in [5.74, 6) is 3.29. The summed E-state index contributed by atoms with van der Waals surface area (Å²) in [6.45, 7) is 13.6. The molecule has 0 aliphatic heterocycles. The molecule has 0 bridgehead atoms. The maximum Gasteiger partial charge on any atom is 0.135 e. The van der Waals surface area contributed by atoms with E-state index in [1.165, 1.54) is 91.7 Å². The van der Waals surface area contributed by atoms with Crippen molar-refractivity contribution >= 4 is 27.7 Å². The first-order chi connectivity index (χ1) is 24.2. The van der Waals surface area contributed by atoms with Gasteiger partial charge in [0, 0.05) is 31.1 Å². The van der Waals surface area contributed by atoms with Gasteiger partial charge in [-0.05, 0) is 70.6 Å². The van der Waals surface area contributed by atoms with Crippen LogP contribution in [0.15, 0.2) is 76.1 Å². The van der Waals surface area contributed by atoms with Crippen LogP contribution in [0, 0.1) is 17.9 Å². The molecule has 3 aliphatic rings. The monoisotopic (exact) mass is 858 g/mol. The second kappa shape index (κ2) is 16.2. The van der Waals surface area contributed by atoms with Crippen molar-refractivity contribution in [2.24, 2.45) is 16.8 Å². The summed E-state index contributed by atoms with van der Waals surface area (Å²) in [5, 5.41) is 7.36. The fourth-order valence-electron chi connectivity index (χ4n) is 8.56. The molecule has 4 nitrogen and oxygen atoms in total. The molecule has 0 unspecified atom stereocenters. The summed E-state index contributed by atoms with van der Waals surface area (Å²) in [6, 6.07) is 28.1. The van der Waals surface area contributed by atoms with E-state index in [1.54, 1.807) is 0 Å². The third kappa shape index (κ3) is 8.06. The van der Waals surface area contributed by atoms with Crippen LogP contribution >= 0.6 is 0 Å². The Bertz CT molecular complexity index is 1970. The minimum Gasteiger partial charge on any atom is -0.466 e. The average Bonchev–Trinajstić information content (AvgIpc) is 3.62. The van der Waals surface area contributed by atoms with E-state index in [0.717, 1.165) is 45.9 Å². The number of rotatable bonds is 6. The van der Waals surface area contributed by atoms with Crippen LogP contribution in [0.1, 0.15) is 122 Å². The third-order valence-corrected chi connectivity index (χ3v) is 11.0. The number of pyridine rings is 1. The fraction of sp³-hybridized carbons (Fsp3) is 0.478. The van der Waals surface area contributed by atoms with Gasteiger partial charge in [0.1, 0.15) is 11.3 Å². The number of aliphatic imine (C=N–C) groups is 1. The minimum absolute atomic E-state index is 0. The van der Waals surface area contributed by atoms with Crippen molar-refractivity contribution in [2.45, 2.75) is 130 Å². The fourth-order valence-corrected chi connectivity index (χ4v) is 8.56. The zero-order valence-corrected chi connectivity index (χ0v) is 33.9. The van der Waals surface area contributed by atoms with E-state index in [1.807, 2.05) is 12.1 Å². The third-order valence-electron chi connectivity index (χ3n) is 11.0. The van der Waals surface area contributed by atoms with E-state index in [4.69, 9.17) is 19.7 Å². The number of furan rings is 1. The number of hydrogen-bond acceptors (Lipinski definition) is 3. The van der Waals surface area contributed by atoms with Gasteiger partial charge in [-0.2, -0.15) is 0 Å². The molecule has 2 saturated carbocycles. The van der Waals surface area contributed by atoms with Crippen molar-refractivity contribution in [3.8, 4) is 22.6 Å². The Morgan fingerprint density at radius 2 is 1.61 bits per heavy atom. The number of para-hydroxylation sites is 1. The molecule has 51 heavy (non-hydrogen) atoms. The molecule has 2 aromatic heterocycles. The van der Waals surface area contributed by atoms with Gasteiger partial charge < -0.3 is 14.7 Å². The summed E-state index contributed by atoms with van der Waals surface area (Å²) >= 11 is 0. The van der Waals surface area contributed by atoms with Crippen molar-refractivity contribution in [1.29, 1.82) is 0 Å². The molecule has 0 spiro atoms. The van der Waals surface area contributed by atoms with Gasteiger partial charge >= 0.3 is 0 Å². The van der Waals surface area contributed by atoms with Crippen molar-refractivity contribution in [1.82, 2.24) is 4.98 Å². The maximum atomic E-state index is 6.34. The van der Waals surface area contributed by atoms with Gasteiger partial charge in [0.05, 0.1) is 5.52 Å². The van der Waals surface area contributed by atoms with Crippen molar-refractivity contribution in [3.05, 3.63) is 94.8 Å². The van der Waals surface area contributed by atoms with E-state index >= 15 is 0 Å². The van der Waals surface area contributed by atoms with Gasteiger partial charge in [0.15, 0.2) is 0 Å². The van der Waals surface area contributed by atoms with Gasteiger partial charge in [0.2, 0.25) is 0 Å². The van der Waals surface area contributed by atoms with E-state index < -0.39 is 0 Å². The van der Waals surface area contributed by atoms with Gasteiger partial charge in [-0.15, -0.1) is 29.3 Å². The van der Waals surface area contributed by atoms with E-state index in [2.05, 4.69) is 102 Å². The smallest absolute Gasteiger partial charge is 0.135 e. The predicted molar refractivity (Wildman–Crippen MR) is 211 cm³/mol. The molecule has 271 valence electrons. The molecule has 0 N–H and O–H groups in total. The Labute approximate surface area is 319 Å². The van der Waals surface area contributed by atoms with Crippen LogP contribution in [0.3, 0.4) is 0 Å². The SMILES string of the molecule is CC(C)C(=NC1CCCCC1)[N-]C1CCCCC1.CC(C)Cc1ccc2nc(-c3[c-]ccc4c3C(C)(C)c3c-4oc4ccccc34)ccc2c1.[Ir]. The summed E-state index contributed by atoms with van der Waals surface area (Å²) in [4.78, 5) is 10.0. The van der Waals surface area contributed by atoms with Crippen molar-refractivity contribution in [3.63, 3.8) is 0 Å². The van der Waals surface area contributed by atoms with E-state index in [0.29, 0.717) is 23.9 Å². The van der Waals surface area contributed by atoms with Crippen molar-refractivity contribution < 1.29 is 24.5 Å². The second-order valence-electron chi connectivity index (χ2n) is 16.2. The minimum atomic E-state index is -0.192. The Balaban J connectivity index is 0.000000202. The number of aromatic nitrogens is 1. The molecule has 2 fully saturated rings. The molecule has 0 atom stereocenters. The average molecular weight is 858 g/mol. The van der Waals surface area contributed by atoms with Gasteiger partial charge in [-0.1, -0.05) is 154 Å². The van der Waals surface area contributed by atoms with Crippen LogP contribution in [-0.4, -0.2) is 22.9 Å². The van der Waals surface area contributed by atoms with Crippen LogP contribution in [0.25, 0.3) is 49.8 Å². The number of nitrogens with zero attached hydrogens (tertiary/aromatic N) is 3. The molecule has 8 rings (SSSR count). The Morgan fingerprint density at radius 3 is 2.33 bits per heavy atom. The molecule has 2 heterocycles. The van der Waals surface area contributed by atoms with Gasteiger partial charge in [0.25, 0.3) is 0 Å². The van der Waals surface area contributed by atoms with Crippen molar-refractivity contribution in [2.75, 3.05) is 0 Å². The molecule has 5 heteroatoms. The molecule has 3 aromatic carbocycles. The zero-order valence-electron chi connectivity index (χ0n) is 31.5. The Hall–Kier alpha value is -3.27. The Kier molecular flexibility index (Phi) is 11.9. The number of amidine groups is 1.